The number of amides is 2. The Morgan fingerprint density at radius 3 is 2.90 bits per heavy atom. The third-order valence-electron chi connectivity index (χ3n) is 2.94. The van der Waals surface area contributed by atoms with E-state index >= 15 is 0 Å². The Hall–Kier alpha value is -1.81. The SMILES string of the molecule is CCS(=O)(=O)NCc1cn(C2CCC(=O)NC2=O)nn1. The first-order valence-electron chi connectivity index (χ1n) is 6.13. The van der Waals surface area contributed by atoms with E-state index in [2.05, 4.69) is 20.4 Å². The number of nitrogens with zero attached hydrogens (tertiary/aromatic N) is 3. The van der Waals surface area contributed by atoms with Crippen LogP contribution in [-0.2, 0) is 26.2 Å². The molecule has 2 N–H and O–H groups in total. The number of carbonyl (C=O) groups is 2. The number of sulfonamides is 1. The average molecular weight is 301 g/mol. The summed E-state index contributed by atoms with van der Waals surface area (Å²) in [6.45, 7) is 1.55. The van der Waals surface area contributed by atoms with Crippen LogP contribution in [0.2, 0.25) is 0 Å². The molecule has 1 aromatic rings. The number of rotatable bonds is 5. The zero-order valence-electron chi connectivity index (χ0n) is 10.9. The van der Waals surface area contributed by atoms with Crippen LogP contribution < -0.4 is 10.0 Å². The van der Waals surface area contributed by atoms with Crippen molar-refractivity contribution >= 4 is 21.8 Å². The van der Waals surface area contributed by atoms with Crippen molar-refractivity contribution in [1.29, 1.82) is 0 Å². The molecule has 0 spiro atoms. The molecule has 1 aromatic heterocycles. The molecule has 10 heteroatoms. The van der Waals surface area contributed by atoms with Crippen molar-refractivity contribution in [2.75, 3.05) is 5.75 Å². The molecule has 110 valence electrons. The molecule has 1 saturated heterocycles. The number of imide groups is 1. The summed E-state index contributed by atoms with van der Waals surface area (Å²) in [5, 5.41) is 9.83. The van der Waals surface area contributed by atoms with Crippen molar-refractivity contribution in [2.24, 2.45) is 0 Å². The van der Waals surface area contributed by atoms with Gasteiger partial charge in [-0.2, -0.15) is 0 Å². The van der Waals surface area contributed by atoms with Crippen LogP contribution >= 0.6 is 0 Å². The highest BCUT2D eigenvalue weighted by atomic mass is 32.2. The van der Waals surface area contributed by atoms with E-state index in [0.29, 0.717) is 12.1 Å². The zero-order valence-corrected chi connectivity index (χ0v) is 11.7. The topological polar surface area (TPSA) is 123 Å². The Labute approximate surface area is 115 Å². The van der Waals surface area contributed by atoms with E-state index in [4.69, 9.17) is 0 Å². The molecule has 1 fully saturated rings. The van der Waals surface area contributed by atoms with E-state index in [-0.39, 0.29) is 24.6 Å². The molecule has 9 nitrogen and oxygen atoms in total. The lowest BCUT2D eigenvalue weighted by molar-refractivity contribution is -0.136. The molecule has 0 aromatic carbocycles. The molecule has 1 aliphatic rings. The molecule has 2 rings (SSSR count). The van der Waals surface area contributed by atoms with Gasteiger partial charge in [0, 0.05) is 6.42 Å². The number of nitrogens with one attached hydrogen (secondary N) is 2. The lowest BCUT2D eigenvalue weighted by Gasteiger charge is -2.20. The molecule has 1 aliphatic heterocycles. The average Bonchev–Trinajstić information content (AvgIpc) is 2.85. The first kappa shape index (κ1) is 14.6. The third-order valence-corrected chi connectivity index (χ3v) is 4.28. The standard InChI is InChI=1S/C10H15N5O4S/c1-2-20(18,19)11-5-7-6-15(14-13-7)8-3-4-9(16)12-10(8)17/h6,8,11H,2-5H2,1H3,(H,12,16,17). The Morgan fingerprint density at radius 2 is 2.25 bits per heavy atom. The third kappa shape index (κ3) is 3.39. The van der Waals surface area contributed by atoms with E-state index in [1.807, 2.05) is 0 Å². The Kier molecular flexibility index (Phi) is 4.14. The second kappa shape index (κ2) is 5.67. The molecule has 0 radical (unpaired) electrons. The van der Waals surface area contributed by atoms with Gasteiger partial charge in [0.05, 0.1) is 24.2 Å². The lowest BCUT2D eigenvalue weighted by Crippen LogP contribution is -2.41. The van der Waals surface area contributed by atoms with Crippen LogP contribution in [0.25, 0.3) is 0 Å². The monoisotopic (exact) mass is 301 g/mol. The van der Waals surface area contributed by atoms with Gasteiger partial charge < -0.3 is 0 Å². The summed E-state index contributed by atoms with van der Waals surface area (Å²) < 4.78 is 26.3. The summed E-state index contributed by atoms with van der Waals surface area (Å²) in [7, 11) is -3.30. The maximum absolute atomic E-state index is 11.6. The highest BCUT2D eigenvalue weighted by molar-refractivity contribution is 7.89. The van der Waals surface area contributed by atoms with E-state index in [9.17, 15) is 18.0 Å². The van der Waals surface area contributed by atoms with Crippen LogP contribution in [0.4, 0.5) is 0 Å². The molecule has 2 amide bonds. The molecular formula is C10H15N5O4S. The number of hydrogen-bond acceptors (Lipinski definition) is 6. The Bertz CT molecular complexity index is 623. The zero-order chi connectivity index (χ0) is 14.8. The molecule has 0 saturated carbocycles. The number of hydrogen-bond donors (Lipinski definition) is 2. The summed E-state index contributed by atoms with van der Waals surface area (Å²) in [6.07, 6.45) is 2.10. The highest BCUT2D eigenvalue weighted by Crippen LogP contribution is 2.17. The summed E-state index contributed by atoms with van der Waals surface area (Å²) >= 11 is 0. The van der Waals surface area contributed by atoms with Gasteiger partial charge in [-0.05, 0) is 13.3 Å². The van der Waals surface area contributed by atoms with Gasteiger partial charge in [0.2, 0.25) is 15.9 Å². The summed E-state index contributed by atoms with van der Waals surface area (Å²) in [6, 6.07) is -0.586. The van der Waals surface area contributed by atoms with Crippen LogP contribution in [0.3, 0.4) is 0 Å². The van der Waals surface area contributed by atoms with Crippen molar-refractivity contribution < 1.29 is 18.0 Å². The second-order valence-electron chi connectivity index (χ2n) is 4.38. The van der Waals surface area contributed by atoms with E-state index in [1.54, 1.807) is 0 Å². The largest absolute Gasteiger partial charge is 0.295 e. The number of carbonyl (C=O) groups excluding carboxylic acids is 2. The van der Waals surface area contributed by atoms with Crippen molar-refractivity contribution in [3.8, 4) is 0 Å². The Morgan fingerprint density at radius 1 is 1.50 bits per heavy atom. The first-order chi connectivity index (χ1) is 9.41. The van der Waals surface area contributed by atoms with Crippen LogP contribution in [0.5, 0.6) is 0 Å². The molecule has 0 bridgehead atoms. The maximum atomic E-state index is 11.6. The van der Waals surface area contributed by atoms with Gasteiger partial charge in [-0.3, -0.25) is 14.9 Å². The van der Waals surface area contributed by atoms with Crippen molar-refractivity contribution in [3.05, 3.63) is 11.9 Å². The molecule has 20 heavy (non-hydrogen) atoms. The minimum absolute atomic E-state index is 0.0173. The van der Waals surface area contributed by atoms with Gasteiger partial charge in [0.1, 0.15) is 6.04 Å². The van der Waals surface area contributed by atoms with E-state index < -0.39 is 22.0 Å². The summed E-state index contributed by atoms with van der Waals surface area (Å²) in [4.78, 5) is 22.7. The molecule has 1 unspecified atom stereocenters. The normalized spacial score (nSPS) is 19.9. The van der Waals surface area contributed by atoms with Crippen molar-refractivity contribution in [2.45, 2.75) is 32.4 Å². The summed E-state index contributed by atoms with van der Waals surface area (Å²) in [5.41, 5.74) is 0.409. The van der Waals surface area contributed by atoms with Crippen LogP contribution in [0.15, 0.2) is 6.20 Å². The van der Waals surface area contributed by atoms with Gasteiger partial charge in [-0.1, -0.05) is 5.21 Å². The highest BCUT2D eigenvalue weighted by Gasteiger charge is 2.28. The molecular weight excluding hydrogens is 286 g/mol. The Balaban J connectivity index is 2.02. The van der Waals surface area contributed by atoms with Crippen LogP contribution in [0, 0.1) is 0 Å². The lowest BCUT2D eigenvalue weighted by atomic mass is 10.1. The van der Waals surface area contributed by atoms with E-state index in [0.717, 1.165) is 0 Å². The second-order valence-corrected chi connectivity index (χ2v) is 6.48. The number of piperidine rings is 1. The quantitative estimate of drug-likeness (QED) is 0.651. The number of aromatic nitrogens is 3. The van der Waals surface area contributed by atoms with Crippen molar-refractivity contribution in [3.63, 3.8) is 0 Å². The minimum atomic E-state index is -3.30. The minimum Gasteiger partial charge on any atom is -0.295 e. The predicted molar refractivity (Wildman–Crippen MR) is 67.7 cm³/mol. The predicted octanol–water partition coefficient (Wildman–Crippen LogP) is -1.30. The fraction of sp³-hybridized carbons (Fsp3) is 0.600. The smallest absolute Gasteiger partial charge is 0.251 e. The fourth-order valence-corrected chi connectivity index (χ4v) is 2.34. The fourth-order valence-electron chi connectivity index (χ4n) is 1.77. The van der Waals surface area contributed by atoms with Gasteiger partial charge in [-0.25, -0.2) is 17.8 Å². The van der Waals surface area contributed by atoms with Gasteiger partial charge in [0.15, 0.2) is 0 Å². The van der Waals surface area contributed by atoms with Gasteiger partial charge in [-0.15, -0.1) is 5.10 Å². The molecule has 2 heterocycles. The van der Waals surface area contributed by atoms with Crippen LogP contribution in [0.1, 0.15) is 31.5 Å². The van der Waals surface area contributed by atoms with E-state index in [1.165, 1.54) is 17.8 Å². The molecule has 0 aliphatic carbocycles. The van der Waals surface area contributed by atoms with Gasteiger partial charge >= 0.3 is 0 Å². The van der Waals surface area contributed by atoms with Crippen molar-refractivity contribution in [1.82, 2.24) is 25.0 Å². The maximum Gasteiger partial charge on any atom is 0.251 e. The first-order valence-corrected chi connectivity index (χ1v) is 7.78. The molecule has 1 atom stereocenters. The summed E-state index contributed by atoms with van der Waals surface area (Å²) in [5.74, 6) is -0.747. The van der Waals surface area contributed by atoms with Crippen LogP contribution in [-0.4, -0.2) is 41.0 Å². The van der Waals surface area contributed by atoms with Gasteiger partial charge in [0.25, 0.3) is 5.91 Å².